The first-order valence-corrected chi connectivity index (χ1v) is 14.2. The smallest absolute Gasteiger partial charge is 0.306 e. The number of aliphatic hydroxyl groups excluding tert-OH is 2. The molecular weight excluding hydrogens is 436 g/mol. The van der Waals surface area contributed by atoms with Crippen molar-refractivity contribution in [2.75, 3.05) is 6.61 Å². The van der Waals surface area contributed by atoms with E-state index in [1.54, 1.807) is 11.1 Å². The fourth-order valence-corrected chi connectivity index (χ4v) is 9.53. The van der Waals surface area contributed by atoms with Gasteiger partial charge in [0.1, 0.15) is 0 Å². The number of allylic oxidation sites excluding steroid dienone is 3. The number of hydrogen-bond donors (Lipinski definition) is 3. The van der Waals surface area contributed by atoms with Gasteiger partial charge in [-0.05, 0) is 98.2 Å². The van der Waals surface area contributed by atoms with Crippen LogP contribution in [-0.4, -0.2) is 34.0 Å². The quantitative estimate of drug-likeness (QED) is 0.347. The molecule has 4 rings (SSSR count). The molecule has 4 heteroatoms. The maximum absolute atomic E-state index is 12.6. The third-order valence-corrected chi connectivity index (χ3v) is 12.3. The zero-order chi connectivity index (χ0) is 26.0. The second-order valence-electron chi connectivity index (χ2n) is 13.9. The molecule has 35 heavy (non-hydrogen) atoms. The zero-order valence-corrected chi connectivity index (χ0v) is 23.1. The second-order valence-corrected chi connectivity index (χ2v) is 13.9. The van der Waals surface area contributed by atoms with E-state index < -0.39 is 17.5 Å². The normalized spacial score (nSPS) is 44.0. The minimum absolute atomic E-state index is 0.00822. The van der Waals surface area contributed by atoms with Crippen molar-refractivity contribution in [2.24, 2.45) is 45.3 Å². The zero-order valence-electron chi connectivity index (χ0n) is 23.1. The molecule has 8 atom stereocenters. The summed E-state index contributed by atoms with van der Waals surface area (Å²) in [5, 5.41) is 31.5. The number of carbonyl (C=O) groups is 1. The van der Waals surface area contributed by atoms with Gasteiger partial charge in [-0.25, -0.2) is 0 Å². The molecule has 4 aliphatic rings. The van der Waals surface area contributed by atoms with Crippen molar-refractivity contribution >= 4 is 5.97 Å². The Morgan fingerprint density at radius 2 is 1.71 bits per heavy atom. The van der Waals surface area contributed by atoms with Crippen molar-refractivity contribution in [3.8, 4) is 0 Å². The molecular formula is C31H50O4. The molecule has 4 aliphatic carbocycles. The van der Waals surface area contributed by atoms with E-state index in [1.807, 2.05) is 0 Å². The van der Waals surface area contributed by atoms with Crippen LogP contribution in [0.15, 0.2) is 23.3 Å². The lowest BCUT2D eigenvalue weighted by Gasteiger charge is -2.62. The number of aliphatic hydroxyl groups is 2. The highest BCUT2D eigenvalue weighted by molar-refractivity contribution is 5.70. The van der Waals surface area contributed by atoms with E-state index in [-0.39, 0.29) is 34.7 Å². The Balaban J connectivity index is 1.68. The third kappa shape index (κ3) is 3.79. The molecule has 3 N–H and O–H groups in total. The van der Waals surface area contributed by atoms with Crippen molar-refractivity contribution < 1.29 is 20.1 Å². The molecule has 1 unspecified atom stereocenters. The molecule has 0 spiro atoms. The standard InChI is InChI=1S/C31H50O4/c1-19(2)20(3)8-9-21(27(34)35)22-12-16-31(7)24-10-11-25-28(4,23(24)13-17-30(22,31)6)15-14-26(33)29(25,5)18-32/h19,21-22,25-26,32-33H,3,8-18H2,1-2,4-7H3,(H,34,35)/t21-,22-,25?,26+,28-,29-,30-,31+/m1/s1. The summed E-state index contributed by atoms with van der Waals surface area (Å²) in [7, 11) is 0. The van der Waals surface area contributed by atoms with Crippen LogP contribution >= 0.6 is 0 Å². The number of carboxylic acid groups (broad SMARTS) is 1. The molecule has 0 saturated heterocycles. The van der Waals surface area contributed by atoms with E-state index in [1.165, 1.54) is 0 Å². The summed E-state index contributed by atoms with van der Waals surface area (Å²) < 4.78 is 0. The van der Waals surface area contributed by atoms with Crippen molar-refractivity contribution in [3.63, 3.8) is 0 Å². The number of rotatable bonds is 7. The van der Waals surface area contributed by atoms with Gasteiger partial charge in [0.2, 0.25) is 0 Å². The van der Waals surface area contributed by atoms with Crippen LogP contribution in [0.25, 0.3) is 0 Å². The monoisotopic (exact) mass is 486 g/mol. The highest BCUT2D eigenvalue weighted by Gasteiger charge is 2.64. The molecule has 0 radical (unpaired) electrons. The maximum Gasteiger partial charge on any atom is 0.306 e. The Bertz CT molecular complexity index is 904. The average Bonchev–Trinajstić information content (AvgIpc) is 3.08. The lowest BCUT2D eigenvalue weighted by atomic mass is 9.43. The van der Waals surface area contributed by atoms with Crippen LogP contribution in [0.5, 0.6) is 0 Å². The van der Waals surface area contributed by atoms with E-state index in [9.17, 15) is 20.1 Å². The Kier molecular flexibility index (Phi) is 6.93. The Morgan fingerprint density at radius 1 is 1.03 bits per heavy atom. The lowest BCUT2D eigenvalue weighted by Crippen LogP contribution is -2.57. The van der Waals surface area contributed by atoms with E-state index in [2.05, 4.69) is 48.1 Å². The van der Waals surface area contributed by atoms with Crippen molar-refractivity contribution in [3.05, 3.63) is 23.3 Å². The molecule has 0 aromatic heterocycles. The van der Waals surface area contributed by atoms with E-state index in [0.29, 0.717) is 18.3 Å². The number of carboxylic acids is 1. The summed E-state index contributed by atoms with van der Waals surface area (Å²) in [6.07, 6.45) is 8.96. The highest BCUT2D eigenvalue weighted by Crippen LogP contribution is 2.72. The Hall–Kier alpha value is -1.13. The van der Waals surface area contributed by atoms with Crippen LogP contribution in [-0.2, 0) is 4.79 Å². The first-order chi connectivity index (χ1) is 16.3. The highest BCUT2D eigenvalue weighted by atomic mass is 16.4. The number of hydrogen-bond acceptors (Lipinski definition) is 3. The van der Waals surface area contributed by atoms with Crippen LogP contribution in [0.2, 0.25) is 0 Å². The van der Waals surface area contributed by atoms with Gasteiger partial charge in [-0.2, -0.15) is 0 Å². The van der Waals surface area contributed by atoms with Crippen LogP contribution in [0.3, 0.4) is 0 Å². The topological polar surface area (TPSA) is 77.8 Å². The molecule has 2 fully saturated rings. The summed E-state index contributed by atoms with van der Waals surface area (Å²) in [6, 6.07) is 0. The molecule has 0 aromatic carbocycles. The molecule has 0 amide bonds. The largest absolute Gasteiger partial charge is 0.481 e. The fourth-order valence-electron chi connectivity index (χ4n) is 9.53. The van der Waals surface area contributed by atoms with Gasteiger partial charge in [0.25, 0.3) is 0 Å². The second kappa shape index (κ2) is 9.01. The Morgan fingerprint density at radius 3 is 2.31 bits per heavy atom. The summed E-state index contributed by atoms with van der Waals surface area (Å²) >= 11 is 0. The van der Waals surface area contributed by atoms with Crippen LogP contribution < -0.4 is 0 Å². The molecule has 0 aromatic rings. The van der Waals surface area contributed by atoms with Gasteiger partial charge in [0, 0.05) is 5.41 Å². The van der Waals surface area contributed by atoms with Gasteiger partial charge in [-0.1, -0.05) is 64.8 Å². The summed E-state index contributed by atoms with van der Waals surface area (Å²) in [5.41, 5.74) is 3.97. The van der Waals surface area contributed by atoms with Gasteiger partial charge >= 0.3 is 5.97 Å². The molecule has 198 valence electrons. The van der Waals surface area contributed by atoms with Crippen molar-refractivity contribution in [1.82, 2.24) is 0 Å². The maximum atomic E-state index is 12.6. The molecule has 2 saturated carbocycles. The minimum Gasteiger partial charge on any atom is -0.481 e. The molecule has 0 aliphatic heterocycles. The molecule has 4 nitrogen and oxygen atoms in total. The van der Waals surface area contributed by atoms with Gasteiger partial charge in [0.05, 0.1) is 18.6 Å². The average molecular weight is 487 g/mol. The van der Waals surface area contributed by atoms with Crippen LogP contribution in [0.1, 0.15) is 106 Å². The van der Waals surface area contributed by atoms with Crippen molar-refractivity contribution in [1.29, 1.82) is 0 Å². The first-order valence-electron chi connectivity index (χ1n) is 14.2. The molecule has 0 bridgehead atoms. The predicted octanol–water partition coefficient (Wildman–Crippen LogP) is 6.76. The summed E-state index contributed by atoms with van der Waals surface area (Å²) in [5.74, 6) is -0.0610. The van der Waals surface area contributed by atoms with Crippen molar-refractivity contribution in [2.45, 2.75) is 112 Å². The minimum atomic E-state index is -0.632. The lowest BCUT2D eigenvalue weighted by molar-refractivity contribution is -0.147. The summed E-state index contributed by atoms with van der Waals surface area (Å²) in [6.45, 7) is 17.9. The van der Waals surface area contributed by atoms with E-state index >= 15 is 0 Å². The predicted molar refractivity (Wildman–Crippen MR) is 141 cm³/mol. The first kappa shape index (κ1) is 26.9. The summed E-state index contributed by atoms with van der Waals surface area (Å²) in [4.78, 5) is 12.6. The Labute approximate surface area is 213 Å². The van der Waals surface area contributed by atoms with Gasteiger partial charge in [0.15, 0.2) is 0 Å². The number of aliphatic carboxylic acids is 1. The van der Waals surface area contributed by atoms with E-state index in [4.69, 9.17) is 0 Å². The van der Waals surface area contributed by atoms with Gasteiger partial charge < -0.3 is 15.3 Å². The van der Waals surface area contributed by atoms with Gasteiger partial charge in [-0.3, -0.25) is 4.79 Å². The van der Waals surface area contributed by atoms with Crippen LogP contribution in [0.4, 0.5) is 0 Å². The van der Waals surface area contributed by atoms with E-state index in [0.717, 1.165) is 63.4 Å². The SMILES string of the molecule is C=C(CC[C@@H](C(=O)O)[C@H]1CC[C@@]2(C)C3=C(CC[C@]12C)[C@@]1(C)CC[C@H](O)[C@](C)(CO)C1CC3)C(C)C. The fraction of sp³-hybridized carbons (Fsp3) is 0.839. The van der Waals surface area contributed by atoms with Crippen LogP contribution in [0, 0.1) is 45.3 Å². The molecule has 0 heterocycles. The number of fused-ring (bicyclic) bond motifs is 4. The van der Waals surface area contributed by atoms with Gasteiger partial charge in [-0.15, -0.1) is 0 Å². The third-order valence-electron chi connectivity index (χ3n) is 12.3.